The molecular weight excluding hydrogens is 300 g/mol. The first-order valence-electron chi connectivity index (χ1n) is 5.37. The first kappa shape index (κ1) is 14.5. The third-order valence-electron chi connectivity index (χ3n) is 2.37. The topological polar surface area (TPSA) is 110 Å². The largest absolute Gasteiger partial charge is 0.478 e. The van der Waals surface area contributed by atoms with Crippen molar-refractivity contribution in [3.8, 4) is 0 Å². The number of aromatic nitrogens is 1. The monoisotopic (exact) mass is 310 g/mol. The van der Waals surface area contributed by atoms with Crippen LogP contribution in [0.1, 0.15) is 10.4 Å². The van der Waals surface area contributed by atoms with Crippen LogP contribution in [0.3, 0.4) is 0 Å². The molecule has 0 radical (unpaired) electrons. The fourth-order valence-corrected chi connectivity index (χ4v) is 2.83. The van der Waals surface area contributed by atoms with Gasteiger partial charge in [-0.2, -0.15) is 0 Å². The van der Waals surface area contributed by atoms with Crippen LogP contribution in [0.15, 0.2) is 57.4 Å². The van der Waals surface area contributed by atoms with Crippen molar-refractivity contribution in [2.45, 2.75) is 14.8 Å². The van der Waals surface area contributed by atoms with Crippen LogP contribution in [0, 0.1) is 0 Å². The minimum absolute atomic E-state index is 0.00123. The zero-order valence-electron chi connectivity index (χ0n) is 10.1. The number of nitrogens with zero attached hydrogens (tertiary/aromatic N) is 1. The number of carboxylic acids is 1. The summed E-state index contributed by atoms with van der Waals surface area (Å²) in [7, 11) is -3.73. The minimum Gasteiger partial charge on any atom is -0.478 e. The zero-order valence-corrected chi connectivity index (χ0v) is 11.7. The Bertz CT molecular complexity index is 742. The molecule has 0 aliphatic heterocycles. The Hall–Kier alpha value is -1.90. The van der Waals surface area contributed by atoms with E-state index in [1.807, 2.05) is 0 Å². The van der Waals surface area contributed by atoms with Gasteiger partial charge in [0.05, 0.1) is 10.5 Å². The highest BCUT2D eigenvalue weighted by molar-refractivity contribution is 7.99. The summed E-state index contributed by atoms with van der Waals surface area (Å²) in [5, 5.41) is 14.4. The molecule has 20 heavy (non-hydrogen) atoms. The molecule has 1 heterocycles. The Kier molecular flexibility index (Phi) is 4.07. The fraction of sp³-hybridized carbons (Fsp3) is 0. The van der Waals surface area contributed by atoms with Gasteiger partial charge in [0, 0.05) is 11.1 Å². The van der Waals surface area contributed by atoms with Crippen LogP contribution < -0.4 is 5.14 Å². The first-order valence-corrected chi connectivity index (χ1v) is 7.73. The molecule has 6 nitrogen and oxygen atoms in total. The predicted molar refractivity (Wildman–Crippen MR) is 73.1 cm³/mol. The predicted octanol–water partition coefficient (Wildman–Crippen LogP) is 1.58. The van der Waals surface area contributed by atoms with Gasteiger partial charge >= 0.3 is 5.97 Å². The SMILES string of the molecule is NS(=O)(=O)c1ccc(Sc2ncccc2C(=O)O)cc1. The van der Waals surface area contributed by atoms with E-state index in [-0.39, 0.29) is 10.5 Å². The summed E-state index contributed by atoms with van der Waals surface area (Å²) in [5.74, 6) is -1.07. The molecule has 0 bridgehead atoms. The molecule has 3 N–H and O–H groups in total. The van der Waals surface area contributed by atoms with Crippen molar-refractivity contribution >= 4 is 27.8 Å². The van der Waals surface area contributed by atoms with Crippen molar-refractivity contribution in [3.05, 3.63) is 48.2 Å². The van der Waals surface area contributed by atoms with Gasteiger partial charge in [-0.25, -0.2) is 23.3 Å². The van der Waals surface area contributed by atoms with Crippen molar-refractivity contribution in [1.82, 2.24) is 4.98 Å². The molecule has 2 rings (SSSR count). The van der Waals surface area contributed by atoms with Crippen LogP contribution >= 0.6 is 11.8 Å². The van der Waals surface area contributed by atoms with E-state index in [1.165, 1.54) is 30.5 Å². The summed E-state index contributed by atoms with van der Waals surface area (Å²) < 4.78 is 22.3. The Morgan fingerprint density at radius 1 is 1.20 bits per heavy atom. The van der Waals surface area contributed by atoms with Crippen molar-refractivity contribution in [2.24, 2.45) is 5.14 Å². The zero-order chi connectivity index (χ0) is 14.8. The summed E-state index contributed by atoms with van der Waals surface area (Å²) >= 11 is 1.13. The molecule has 1 aromatic heterocycles. The number of pyridine rings is 1. The quantitative estimate of drug-likeness (QED) is 0.887. The Labute approximate surface area is 119 Å². The number of hydrogen-bond donors (Lipinski definition) is 2. The average Bonchev–Trinajstić information content (AvgIpc) is 2.38. The number of benzene rings is 1. The van der Waals surface area contributed by atoms with Crippen molar-refractivity contribution < 1.29 is 18.3 Å². The molecule has 0 spiro atoms. The summed E-state index contributed by atoms with van der Waals surface area (Å²) in [6.07, 6.45) is 1.49. The summed E-state index contributed by atoms with van der Waals surface area (Å²) in [5.41, 5.74) is 0.0908. The van der Waals surface area contributed by atoms with Crippen LogP contribution in [0.2, 0.25) is 0 Å². The van der Waals surface area contributed by atoms with Crippen molar-refractivity contribution in [2.75, 3.05) is 0 Å². The molecule has 0 saturated heterocycles. The molecule has 0 fully saturated rings. The van der Waals surface area contributed by atoms with Gasteiger partial charge in [0.2, 0.25) is 10.0 Å². The van der Waals surface area contributed by atoms with Gasteiger partial charge in [-0.1, -0.05) is 11.8 Å². The van der Waals surface area contributed by atoms with Gasteiger partial charge in [-0.3, -0.25) is 0 Å². The van der Waals surface area contributed by atoms with E-state index in [2.05, 4.69) is 4.98 Å². The summed E-state index contributed by atoms with van der Waals surface area (Å²) in [6, 6.07) is 8.81. The van der Waals surface area contributed by atoms with E-state index >= 15 is 0 Å². The Balaban J connectivity index is 2.30. The van der Waals surface area contributed by atoms with Crippen LogP contribution in [-0.2, 0) is 10.0 Å². The maximum Gasteiger partial charge on any atom is 0.338 e. The maximum atomic E-state index is 11.1. The van der Waals surface area contributed by atoms with E-state index in [0.29, 0.717) is 9.92 Å². The van der Waals surface area contributed by atoms with Gasteiger partial charge in [-0.05, 0) is 36.4 Å². The lowest BCUT2D eigenvalue weighted by Crippen LogP contribution is -2.11. The number of sulfonamides is 1. The number of hydrogen-bond acceptors (Lipinski definition) is 5. The number of primary sulfonamides is 1. The lowest BCUT2D eigenvalue weighted by Gasteiger charge is -2.05. The molecule has 0 saturated carbocycles. The molecule has 1 aromatic carbocycles. The van der Waals surface area contributed by atoms with Crippen LogP contribution in [0.5, 0.6) is 0 Å². The second kappa shape index (κ2) is 5.61. The second-order valence-electron chi connectivity index (χ2n) is 3.78. The van der Waals surface area contributed by atoms with Gasteiger partial charge in [0.25, 0.3) is 0 Å². The molecule has 0 aliphatic carbocycles. The van der Waals surface area contributed by atoms with Gasteiger partial charge in [0.15, 0.2) is 0 Å². The van der Waals surface area contributed by atoms with Crippen LogP contribution in [-0.4, -0.2) is 24.5 Å². The second-order valence-corrected chi connectivity index (χ2v) is 6.40. The number of carbonyl (C=O) groups is 1. The highest BCUT2D eigenvalue weighted by atomic mass is 32.2. The molecule has 0 amide bonds. The Morgan fingerprint density at radius 3 is 2.40 bits per heavy atom. The molecule has 0 atom stereocenters. The lowest BCUT2D eigenvalue weighted by atomic mass is 10.3. The molecule has 0 aliphatic rings. The first-order chi connectivity index (χ1) is 9.38. The average molecular weight is 310 g/mol. The summed E-state index contributed by atoms with van der Waals surface area (Å²) in [6.45, 7) is 0. The number of rotatable bonds is 4. The molecule has 8 heteroatoms. The smallest absolute Gasteiger partial charge is 0.338 e. The number of nitrogens with two attached hydrogens (primary N) is 1. The molecule has 104 valence electrons. The molecule has 2 aromatic rings. The van der Waals surface area contributed by atoms with E-state index in [1.54, 1.807) is 12.1 Å². The third-order valence-corrected chi connectivity index (χ3v) is 4.32. The van der Waals surface area contributed by atoms with E-state index < -0.39 is 16.0 Å². The van der Waals surface area contributed by atoms with E-state index in [0.717, 1.165) is 11.8 Å². The summed E-state index contributed by atoms with van der Waals surface area (Å²) in [4.78, 5) is 15.7. The number of carboxylic acid groups (broad SMARTS) is 1. The highest BCUT2D eigenvalue weighted by Gasteiger charge is 2.12. The molecular formula is C12H10N2O4S2. The normalized spacial score (nSPS) is 11.2. The van der Waals surface area contributed by atoms with E-state index in [4.69, 9.17) is 10.2 Å². The van der Waals surface area contributed by atoms with Gasteiger partial charge in [-0.15, -0.1) is 0 Å². The lowest BCUT2D eigenvalue weighted by molar-refractivity contribution is 0.0692. The highest BCUT2D eigenvalue weighted by Crippen LogP contribution is 2.29. The Morgan fingerprint density at radius 2 is 1.85 bits per heavy atom. The third kappa shape index (κ3) is 3.35. The molecule has 0 unspecified atom stereocenters. The van der Waals surface area contributed by atoms with E-state index in [9.17, 15) is 13.2 Å². The van der Waals surface area contributed by atoms with Crippen LogP contribution in [0.4, 0.5) is 0 Å². The van der Waals surface area contributed by atoms with Gasteiger partial charge in [0.1, 0.15) is 5.03 Å². The standard InChI is InChI=1S/C12H10N2O4S2/c13-20(17,18)9-5-3-8(4-6-9)19-11-10(12(15)16)2-1-7-14-11/h1-7H,(H,15,16)(H2,13,17,18). The maximum absolute atomic E-state index is 11.1. The minimum atomic E-state index is -3.73. The number of aromatic carboxylic acids is 1. The van der Waals surface area contributed by atoms with Crippen LogP contribution in [0.25, 0.3) is 0 Å². The van der Waals surface area contributed by atoms with Gasteiger partial charge < -0.3 is 5.11 Å². The van der Waals surface area contributed by atoms with Crippen molar-refractivity contribution in [3.63, 3.8) is 0 Å². The van der Waals surface area contributed by atoms with Crippen molar-refractivity contribution in [1.29, 1.82) is 0 Å². The fourth-order valence-electron chi connectivity index (χ4n) is 1.44.